The van der Waals surface area contributed by atoms with Crippen molar-refractivity contribution in [3.63, 3.8) is 0 Å². The zero-order valence-corrected chi connectivity index (χ0v) is 11.1. The first kappa shape index (κ1) is 13.7. The molecular formula is C13H7ClF3N3O. The first-order valence-electron chi connectivity index (χ1n) is 5.79. The van der Waals surface area contributed by atoms with Crippen LogP contribution >= 0.6 is 11.6 Å². The maximum atomic E-state index is 12.1. The molecule has 0 spiro atoms. The standard InChI is InChI=1S/C13H7ClF3N3O/c14-11-5-6-12-18-7-10(20(12)19-11)8-1-3-9(4-2-8)21-13(15,16)17/h1-7H. The molecule has 0 aliphatic rings. The lowest BCUT2D eigenvalue weighted by molar-refractivity contribution is -0.274. The minimum absolute atomic E-state index is 0.286. The van der Waals surface area contributed by atoms with Crippen LogP contribution in [0.15, 0.2) is 42.6 Å². The van der Waals surface area contributed by atoms with E-state index in [0.29, 0.717) is 22.1 Å². The minimum Gasteiger partial charge on any atom is -0.406 e. The van der Waals surface area contributed by atoms with E-state index in [1.54, 1.807) is 18.3 Å². The number of alkyl halides is 3. The smallest absolute Gasteiger partial charge is 0.406 e. The zero-order valence-electron chi connectivity index (χ0n) is 10.3. The van der Waals surface area contributed by atoms with Crippen molar-refractivity contribution < 1.29 is 17.9 Å². The Hall–Kier alpha value is -2.28. The first-order valence-corrected chi connectivity index (χ1v) is 6.17. The molecule has 0 saturated heterocycles. The molecule has 8 heteroatoms. The third-order valence-electron chi connectivity index (χ3n) is 2.71. The van der Waals surface area contributed by atoms with Crippen LogP contribution in [0.5, 0.6) is 5.75 Å². The van der Waals surface area contributed by atoms with Crippen LogP contribution in [-0.4, -0.2) is 21.0 Å². The Labute approximate surface area is 121 Å². The van der Waals surface area contributed by atoms with Gasteiger partial charge in [-0.15, -0.1) is 13.2 Å². The van der Waals surface area contributed by atoms with Crippen molar-refractivity contribution in [3.8, 4) is 17.0 Å². The van der Waals surface area contributed by atoms with Crippen LogP contribution in [0.4, 0.5) is 13.2 Å². The summed E-state index contributed by atoms with van der Waals surface area (Å²) in [5.74, 6) is -0.286. The van der Waals surface area contributed by atoms with Gasteiger partial charge in [0.05, 0.1) is 11.9 Å². The Morgan fingerprint density at radius 3 is 2.43 bits per heavy atom. The number of rotatable bonds is 2. The van der Waals surface area contributed by atoms with E-state index in [0.717, 1.165) is 0 Å². The second-order valence-corrected chi connectivity index (χ2v) is 4.53. The van der Waals surface area contributed by atoms with Gasteiger partial charge < -0.3 is 4.74 Å². The van der Waals surface area contributed by atoms with Gasteiger partial charge in [0.25, 0.3) is 0 Å². The van der Waals surface area contributed by atoms with Gasteiger partial charge in [0.15, 0.2) is 5.65 Å². The Morgan fingerprint density at radius 2 is 1.76 bits per heavy atom. The van der Waals surface area contributed by atoms with Gasteiger partial charge in [0.2, 0.25) is 0 Å². The maximum absolute atomic E-state index is 12.1. The van der Waals surface area contributed by atoms with Crippen LogP contribution in [0.25, 0.3) is 16.9 Å². The van der Waals surface area contributed by atoms with E-state index in [2.05, 4.69) is 14.8 Å². The summed E-state index contributed by atoms with van der Waals surface area (Å²) in [6.07, 6.45) is -3.14. The molecule has 0 bridgehead atoms. The lowest BCUT2D eigenvalue weighted by Gasteiger charge is -2.09. The molecule has 0 N–H and O–H groups in total. The molecule has 21 heavy (non-hydrogen) atoms. The van der Waals surface area contributed by atoms with Crippen LogP contribution in [0, 0.1) is 0 Å². The van der Waals surface area contributed by atoms with Gasteiger partial charge in [0, 0.05) is 5.56 Å². The molecule has 3 rings (SSSR count). The molecular weight excluding hydrogens is 307 g/mol. The number of hydrogen-bond donors (Lipinski definition) is 0. The van der Waals surface area contributed by atoms with Gasteiger partial charge >= 0.3 is 6.36 Å². The summed E-state index contributed by atoms with van der Waals surface area (Å²) in [5, 5.41) is 4.39. The van der Waals surface area contributed by atoms with Crippen LogP contribution < -0.4 is 4.74 Å². The molecule has 0 atom stereocenters. The number of benzene rings is 1. The first-order chi connectivity index (χ1) is 9.92. The predicted octanol–water partition coefficient (Wildman–Crippen LogP) is 3.95. The number of halogens is 4. The third kappa shape index (κ3) is 2.92. The third-order valence-corrected chi connectivity index (χ3v) is 2.92. The van der Waals surface area contributed by atoms with Crippen molar-refractivity contribution in [2.45, 2.75) is 6.36 Å². The van der Waals surface area contributed by atoms with Gasteiger partial charge in [-0.25, -0.2) is 9.50 Å². The maximum Gasteiger partial charge on any atom is 0.573 e. The average Bonchev–Trinajstić information content (AvgIpc) is 2.81. The highest BCUT2D eigenvalue weighted by atomic mass is 35.5. The summed E-state index contributed by atoms with van der Waals surface area (Å²) in [6, 6.07) is 8.74. The minimum atomic E-state index is -4.71. The Morgan fingerprint density at radius 1 is 1.05 bits per heavy atom. The van der Waals surface area contributed by atoms with Gasteiger partial charge in [-0.1, -0.05) is 11.6 Å². The number of hydrogen-bond acceptors (Lipinski definition) is 3. The summed E-state index contributed by atoms with van der Waals surface area (Å²) in [5.41, 5.74) is 1.85. The van der Waals surface area contributed by atoms with Crippen molar-refractivity contribution in [3.05, 3.63) is 47.7 Å². The van der Waals surface area contributed by atoms with Crippen molar-refractivity contribution in [1.29, 1.82) is 0 Å². The monoisotopic (exact) mass is 313 g/mol. The molecule has 2 aromatic heterocycles. The molecule has 0 amide bonds. The average molecular weight is 314 g/mol. The molecule has 0 unspecified atom stereocenters. The van der Waals surface area contributed by atoms with Gasteiger partial charge in [0.1, 0.15) is 10.9 Å². The summed E-state index contributed by atoms with van der Waals surface area (Å²) in [6.45, 7) is 0. The molecule has 0 saturated carbocycles. The highest BCUT2D eigenvalue weighted by molar-refractivity contribution is 6.29. The summed E-state index contributed by atoms with van der Waals surface area (Å²) < 4.78 is 41.7. The fourth-order valence-electron chi connectivity index (χ4n) is 1.88. The topological polar surface area (TPSA) is 39.4 Å². The van der Waals surface area contributed by atoms with Crippen molar-refractivity contribution in [2.75, 3.05) is 0 Å². The number of ether oxygens (including phenoxy) is 1. The van der Waals surface area contributed by atoms with Crippen LogP contribution in [-0.2, 0) is 0 Å². The van der Waals surface area contributed by atoms with Gasteiger partial charge in [-0.2, -0.15) is 5.10 Å². The number of fused-ring (bicyclic) bond motifs is 1. The molecule has 0 aliphatic heterocycles. The summed E-state index contributed by atoms with van der Waals surface area (Å²) >= 11 is 5.83. The van der Waals surface area contributed by atoms with Crippen molar-refractivity contribution >= 4 is 17.2 Å². The Balaban J connectivity index is 1.97. The van der Waals surface area contributed by atoms with E-state index in [4.69, 9.17) is 11.6 Å². The van der Waals surface area contributed by atoms with Crippen molar-refractivity contribution in [2.24, 2.45) is 0 Å². The van der Waals surface area contributed by atoms with Gasteiger partial charge in [-0.05, 0) is 36.4 Å². The summed E-state index contributed by atoms with van der Waals surface area (Å²) in [4.78, 5) is 4.15. The largest absolute Gasteiger partial charge is 0.573 e. The highest BCUT2D eigenvalue weighted by Gasteiger charge is 2.31. The lowest BCUT2D eigenvalue weighted by atomic mass is 10.1. The molecule has 0 aliphatic carbocycles. The molecule has 108 valence electrons. The molecule has 1 aromatic carbocycles. The van der Waals surface area contributed by atoms with Crippen molar-refractivity contribution in [1.82, 2.24) is 14.6 Å². The van der Waals surface area contributed by atoms with Crippen LogP contribution in [0.1, 0.15) is 0 Å². The fraction of sp³-hybridized carbons (Fsp3) is 0.0769. The molecule has 3 aromatic rings. The second kappa shape index (κ2) is 4.92. The number of nitrogens with zero attached hydrogens (tertiary/aromatic N) is 3. The fourth-order valence-corrected chi connectivity index (χ4v) is 2.01. The van der Waals surface area contributed by atoms with Gasteiger partial charge in [-0.3, -0.25) is 0 Å². The Kier molecular flexibility index (Phi) is 3.21. The molecule has 0 radical (unpaired) electrons. The second-order valence-electron chi connectivity index (χ2n) is 4.14. The normalized spacial score (nSPS) is 11.8. The number of aromatic nitrogens is 3. The van der Waals surface area contributed by atoms with Crippen LogP contribution in [0.3, 0.4) is 0 Å². The molecule has 2 heterocycles. The predicted molar refractivity (Wildman–Crippen MR) is 70.1 cm³/mol. The Bertz CT molecular complexity index is 783. The quantitative estimate of drug-likeness (QED) is 0.719. The lowest BCUT2D eigenvalue weighted by Crippen LogP contribution is -2.16. The summed E-state index contributed by atoms with van der Waals surface area (Å²) in [7, 11) is 0. The molecule has 0 fully saturated rings. The zero-order chi connectivity index (χ0) is 15.0. The van der Waals surface area contributed by atoms with E-state index in [1.807, 2.05) is 0 Å². The SMILES string of the molecule is FC(F)(F)Oc1ccc(-c2cnc3ccc(Cl)nn23)cc1. The van der Waals surface area contributed by atoms with E-state index in [-0.39, 0.29) is 5.75 Å². The van der Waals surface area contributed by atoms with E-state index >= 15 is 0 Å². The van der Waals surface area contributed by atoms with E-state index in [9.17, 15) is 13.2 Å². The molecule has 4 nitrogen and oxygen atoms in total. The van der Waals surface area contributed by atoms with E-state index < -0.39 is 6.36 Å². The highest BCUT2D eigenvalue weighted by Crippen LogP contribution is 2.26. The van der Waals surface area contributed by atoms with E-state index in [1.165, 1.54) is 28.8 Å². The van der Waals surface area contributed by atoms with Crippen LogP contribution in [0.2, 0.25) is 5.15 Å². The number of imidazole rings is 1.